The molecule has 1 unspecified atom stereocenters. The average Bonchev–Trinajstić information content (AvgIpc) is 3.27. The Morgan fingerprint density at radius 2 is 2.07 bits per heavy atom. The smallest absolute Gasteiger partial charge is 0.410 e. The number of anilines is 1. The molecular formula is C19H24N6O3. The minimum atomic E-state index is -0.558. The molecule has 9 nitrogen and oxygen atoms in total. The number of aromatic nitrogens is 4. The molecule has 4 rings (SSSR count). The van der Waals surface area contributed by atoms with Crippen LogP contribution in [0.3, 0.4) is 0 Å². The van der Waals surface area contributed by atoms with Crippen LogP contribution in [0.2, 0.25) is 0 Å². The highest BCUT2D eigenvalue weighted by Gasteiger charge is 2.36. The van der Waals surface area contributed by atoms with Gasteiger partial charge in [-0.15, -0.1) is 5.10 Å². The van der Waals surface area contributed by atoms with Crippen LogP contribution in [0.5, 0.6) is 5.75 Å². The monoisotopic (exact) mass is 384 g/mol. The quantitative estimate of drug-likeness (QED) is 0.723. The summed E-state index contributed by atoms with van der Waals surface area (Å²) in [7, 11) is 1.59. The Kier molecular flexibility index (Phi) is 4.24. The van der Waals surface area contributed by atoms with Gasteiger partial charge in [-0.3, -0.25) is 4.90 Å². The standard InChI is InChI=1S/C19H24N6O3/c1-19(2,3)28-18(26)24-10-6-8-12(24)15-22-16-11-7-5-9-13(27-4)14(11)21-17(20)25(16)23-15/h5,7,9,12H,6,8,10H2,1-4H3,(H2,20,21). The van der Waals surface area contributed by atoms with Crippen LogP contribution in [0.25, 0.3) is 16.6 Å². The van der Waals surface area contributed by atoms with Gasteiger partial charge in [0, 0.05) is 11.9 Å². The number of hydrogen-bond donors (Lipinski definition) is 1. The summed E-state index contributed by atoms with van der Waals surface area (Å²) in [5, 5.41) is 5.34. The van der Waals surface area contributed by atoms with E-state index in [0.29, 0.717) is 29.3 Å². The number of amides is 1. The van der Waals surface area contributed by atoms with E-state index < -0.39 is 5.60 Å². The second-order valence-corrected chi connectivity index (χ2v) is 7.86. The van der Waals surface area contributed by atoms with Gasteiger partial charge in [-0.25, -0.2) is 14.8 Å². The average molecular weight is 384 g/mol. The molecule has 2 aromatic heterocycles. The van der Waals surface area contributed by atoms with Crippen LogP contribution in [0, 0.1) is 0 Å². The van der Waals surface area contributed by atoms with Crippen LogP contribution in [0.1, 0.15) is 45.5 Å². The van der Waals surface area contributed by atoms with Crippen molar-refractivity contribution in [2.75, 3.05) is 19.4 Å². The lowest BCUT2D eigenvalue weighted by Gasteiger charge is -2.27. The summed E-state index contributed by atoms with van der Waals surface area (Å²) in [5.41, 5.74) is 6.79. The van der Waals surface area contributed by atoms with Crippen LogP contribution < -0.4 is 10.5 Å². The van der Waals surface area contributed by atoms with E-state index >= 15 is 0 Å². The summed E-state index contributed by atoms with van der Waals surface area (Å²) in [6, 6.07) is 5.34. The molecule has 9 heteroatoms. The third-order valence-electron chi connectivity index (χ3n) is 4.71. The van der Waals surface area contributed by atoms with Crippen LogP contribution in [0.15, 0.2) is 18.2 Å². The predicted octanol–water partition coefficient (Wildman–Crippen LogP) is 2.94. The Bertz CT molecular complexity index is 1060. The van der Waals surface area contributed by atoms with Crippen molar-refractivity contribution in [1.29, 1.82) is 0 Å². The van der Waals surface area contributed by atoms with Gasteiger partial charge < -0.3 is 15.2 Å². The van der Waals surface area contributed by atoms with E-state index in [1.165, 1.54) is 4.52 Å². The summed E-state index contributed by atoms with van der Waals surface area (Å²) in [5.74, 6) is 1.37. The largest absolute Gasteiger partial charge is 0.494 e. The van der Waals surface area contributed by atoms with Crippen LogP contribution in [-0.4, -0.2) is 49.8 Å². The zero-order valence-electron chi connectivity index (χ0n) is 16.5. The number of carbonyl (C=O) groups is 1. The van der Waals surface area contributed by atoms with E-state index in [9.17, 15) is 4.79 Å². The number of ether oxygens (including phenoxy) is 2. The predicted molar refractivity (Wildman–Crippen MR) is 104 cm³/mol. The number of nitrogen functional groups attached to an aromatic ring is 1. The first-order valence-electron chi connectivity index (χ1n) is 9.27. The van der Waals surface area contributed by atoms with Crippen LogP contribution in [0.4, 0.5) is 10.7 Å². The van der Waals surface area contributed by atoms with Gasteiger partial charge in [0.05, 0.1) is 13.2 Å². The fourth-order valence-corrected chi connectivity index (χ4v) is 3.52. The van der Waals surface area contributed by atoms with Crippen molar-refractivity contribution in [3.8, 4) is 5.75 Å². The van der Waals surface area contributed by atoms with Gasteiger partial charge in [-0.05, 0) is 45.7 Å². The number of para-hydroxylation sites is 1. The first kappa shape index (κ1) is 18.3. The van der Waals surface area contributed by atoms with Crippen molar-refractivity contribution in [2.45, 2.75) is 45.3 Å². The van der Waals surface area contributed by atoms with Crippen molar-refractivity contribution in [1.82, 2.24) is 24.5 Å². The maximum Gasteiger partial charge on any atom is 0.410 e. The van der Waals surface area contributed by atoms with Crippen molar-refractivity contribution < 1.29 is 14.3 Å². The fourth-order valence-electron chi connectivity index (χ4n) is 3.52. The van der Waals surface area contributed by atoms with Gasteiger partial charge in [0.25, 0.3) is 0 Å². The Morgan fingerprint density at radius 1 is 1.29 bits per heavy atom. The molecule has 148 valence electrons. The van der Waals surface area contributed by atoms with E-state index in [0.717, 1.165) is 18.2 Å². The van der Waals surface area contributed by atoms with E-state index in [-0.39, 0.29) is 18.1 Å². The molecule has 0 spiro atoms. The molecule has 0 bridgehead atoms. The molecule has 28 heavy (non-hydrogen) atoms. The zero-order valence-corrected chi connectivity index (χ0v) is 16.5. The maximum absolute atomic E-state index is 12.6. The van der Waals surface area contributed by atoms with Crippen LogP contribution in [-0.2, 0) is 4.74 Å². The molecule has 3 heterocycles. The number of nitrogens with two attached hydrogens (primary N) is 1. The highest BCUT2D eigenvalue weighted by molar-refractivity contribution is 5.95. The van der Waals surface area contributed by atoms with Gasteiger partial charge in [0.2, 0.25) is 5.95 Å². The SMILES string of the molecule is COc1cccc2c1nc(N)n1nc(C3CCCN3C(=O)OC(C)(C)C)nc21. The topological polar surface area (TPSA) is 108 Å². The molecule has 1 aromatic carbocycles. The van der Waals surface area contributed by atoms with Gasteiger partial charge in [-0.1, -0.05) is 6.07 Å². The number of likely N-dealkylation sites (tertiary alicyclic amines) is 1. The minimum Gasteiger partial charge on any atom is -0.494 e. The van der Waals surface area contributed by atoms with Crippen molar-refractivity contribution >= 4 is 28.6 Å². The highest BCUT2D eigenvalue weighted by Crippen LogP contribution is 2.33. The molecule has 0 saturated carbocycles. The Hall–Kier alpha value is -3.10. The van der Waals surface area contributed by atoms with Gasteiger partial charge >= 0.3 is 6.09 Å². The minimum absolute atomic E-state index is 0.215. The molecule has 0 radical (unpaired) electrons. The second-order valence-electron chi connectivity index (χ2n) is 7.86. The number of rotatable bonds is 2. The number of benzene rings is 1. The number of fused-ring (bicyclic) bond motifs is 3. The first-order valence-corrected chi connectivity index (χ1v) is 9.27. The molecule has 1 amide bonds. The number of carbonyl (C=O) groups excluding carboxylic acids is 1. The molecule has 1 aliphatic rings. The van der Waals surface area contributed by atoms with E-state index in [2.05, 4.69) is 10.1 Å². The second kappa shape index (κ2) is 6.50. The molecule has 1 fully saturated rings. The van der Waals surface area contributed by atoms with E-state index in [1.54, 1.807) is 12.0 Å². The lowest BCUT2D eigenvalue weighted by molar-refractivity contribution is 0.0218. The molecule has 1 saturated heterocycles. The van der Waals surface area contributed by atoms with Gasteiger partial charge in [0.1, 0.15) is 16.9 Å². The van der Waals surface area contributed by atoms with Gasteiger partial charge in [-0.2, -0.15) is 4.52 Å². The lowest BCUT2D eigenvalue weighted by Crippen LogP contribution is -2.36. The summed E-state index contributed by atoms with van der Waals surface area (Å²) >= 11 is 0. The highest BCUT2D eigenvalue weighted by atomic mass is 16.6. The Balaban J connectivity index is 1.78. The maximum atomic E-state index is 12.6. The van der Waals surface area contributed by atoms with E-state index in [4.69, 9.17) is 20.2 Å². The van der Waals surface area contributed by atoms with Gasteiger partial charge in [0.15, 0.2) is 11.5 Å². The zero-order chi connectivity index (χ0) is 20.1. The summed E-state index contributed by atoms with van der Waals surface area (Å²) in [6.45, 7) is 6.17. The van der Waals surface area contributed by atoms with E-state index in [1.807, 2.05) is 39.0 Å². The Morgan fingerprint density at radius 3 is 2.79 bits per heavy atom. The number of hydrogen-bond acceptors (Lipinski definition) is 7. The number of methoxy groups -OCH3 is 1. The lowest BCUT2D eigenvalue weighted by atomic mass is 10.2. The third kappa shape index (κ3) is 3.06. The molecule has 1 aliphatic heterocycles. The third-order valence-corrected chi connectivity index (χ3v) is 4.71. The number of nitrogens with zero attached hydrogens (tertiary/aromatic N) is 5. The first-order chi connectivity index (χ1) is 13.3. The summed E-state index contributed by atoms with van der Waals surface area (Å²) < 4.78 is 12.4. The molecule has 1 atom stereocenters. The van der Waals surface area contributed by atoms with Crippen LogP contribution >= 0.6 is 0 Å². The molecular weight excluding hydrogens is 360 g/mol. The Labute approximate surface area is 162 Å². The molecule has 0 aliphatic carbocycles. The summed E-state index contributed by atoms with van der Waals surface area (Å²) in [6.07, 6.45) is 1.28. The molecule has 3 aromatic rings. The van der Waals surface area contributed by atoms with Crippen molar-refractivity contribution in [3.05, 3.63) is 24.0 Å². The molecule has 2 N–H and O–H groups in total. The summed E-state index contributed by atoms with van der Waals surface area (Å²) in [4.78, 5) is 23.4. The normalized spacial score (nSPS) is 17.4. The van der Waals surface area contributed by atoms with Crippen molar-refractivity contribution in [2.24, 2.45) is 0 Å². The van der Waals surface area contributed by atoms with Crippen molar-refractivity contribution in [3.63, 3.8) is 0 Å². The fraction of sp³-hybridized carbons (Fsp3) is 0.474.